The monoisotopic (exact) mass is 222 g/mol. The third kappa shape index (κ3) is 1.99. The van der Waals surface area contributed by atoms with Gasteiger partial charge in [0.25, 0.3) is 0 Å². The Bertz CT molecular complexity index is 384. The van der Waals surface area contributed by atoms with Gasteiger partial charge in [-0.2, -0.15) is 0 Å². The van der Waals surface area contributed by atoms with Gasteiger partial charge in [-0.15, -0.1) is 0 Å². The van der Waals surface area contributed by atoms with Crippen LogP contribution in [0.15, 0.2) is 18.2 Å². The molecule has 1 N–H and O–H groups in total. The van der Waals surface area contributed by atoms with Crippen LogP contribution in [0.2, 0.25) is 0 Å². The number of halogens is 1. The molecule has 0 saturated carbocycles. The van der Waals surface area contributed by atoms with Gasteiger partial charge in [-0.25, -0.2) is 4.39 Å². The van der Waals surface area contributed by atoms with Crippen molar-refractivity contribution in [2.24, 2.45) is 11.3 Å². The van der Waals surface area contributed by atoms with Crippen LogP contribution in [0.4, 0.5) is 4.39 Å². The second-order valence-corrected chi connectivity index (χ2v) is 5.46. The minimum atomic E-state index is -0.0715. The molecule has 0 spiro atoms. The highest BCUT2D eigenvalue weighted by molar-refractivity contribution is 5.31. The molecule has 0 heterocycles. The summed E-state index contributed by atoms with van der Waals surface area (Å²) < 4.78 is 13.5. The molecule has 1 unspecified atom stereocenters. The van der Waals surface area contributed by atoms with Gasteiger partial charge in [-0.05, 0) is 47.8 Å². The Balaban J connectivity index is 2.25. The van der Waals surface area contributed by atoms with Crippen LogP contribution in [0.3, 0.4) is 0 Å². The number of aliphatic hydroxyl groups is 1. The normalized spacial score (nSPS) is 20.6. The van der Waals surface area contributed by atoms with Crippen molar-refractivity contribution in [2.75, 3.05) is 6.61 Å². The molecule has 0 amide bonds. The second-order valence-electron chi connectivity index (χ2n) is 5.46. The molecule has 2 heteroatoms. The van der Waals surface area contributed by atoms with Crippen LogP contribution in [-0.4, -0.2) is 11.7 Å². The minimum absolute atomic E-state index is 0.0655. The van der Waals surface area contributed by atoms with E-state index in [1.165, 1.54) is 6.07 Å². The maximum Gasteiger partial charge on any atom is 0.126 e. The largest absolute Gasteiger partial charge is 0.396 e. The van der Waals surface area contributed by atoms with Gasteiger partial charge < -0.3 is 5.11 Å². The highest BCUT2D eigenvalue weighted by Gasteiger charge is 2.32. The van der Waals surface area contributed by atoms with E-state index < -0.39 is 0 Å². The second kappa shape index (κ2) is 4.17. The summed E-state index contributed by atoms with van der Waals surface area (Å²) in [6.07, 6.45) is 2.66. The van der Waals surface area contributed by atoms with Crippen molar-refractivity contribution < 1.29 is 9.50 Å². The van der Waals surface area contributed by atoms with Crippen LogP contribution in [-0.2, 0) is 12.8 Å². The molecule has 88 valence electrons. The third-order valence-corrected chi connectivity index (χ3v) is 3.94. The molecule has 2 rings (SSSR count). The molecule has 0 aliphatic heterocycles. The quantitative estimate of drug-likeness (QED) is 0.815. The van der Waals surface area contributed by atoms with Crippen LogP contribution >= 0.6 is 0 Å². The number of hydrogen-bond acceptors (Lipinski definition) is 1. The molecule has 1 aromatic carbocycles. The summed E-state index contributed by atoms with van der Waals surface area (Å²) in [4.78, 5) is 0. The Morgan fingerprint density at radius 1 is 1.44 bits per heavy atom. The Kier molecular flexibility index (Phi) is 3.02. The van der Waals surface area contributed by atoms with Gasteiger partial charge in [0.15, 0.2) is 0 Å². The lowest BCUT2D eigenvalue weighted by atomic mass is 9.70. The molecule has 1 aliphatic carbocycles. The van der Waals surface area contributed by atoms with Gasteiger partial charge in [0.2, 0.25) is 0 Å². The lowest BCUT2D eigenvalue weighted by Gasteiger charge is -2.36. The van der Waals surface area contributed by atoms with Crippen LogP contribution in [0.25, 0.3) is 0 Å². The van der Waals surface area contributed by atoms with Crippen LogP contribution in [0.1, 0.15) is 31.4 Å². The lowest BCUT2D eigenvalue weighted by molar-refractivity contribution is 0.0872. The Morgan fingerprint density at radius 2 is 2.19 bits per heavy atom. The molecule has 1 nitrogen and oxygen atoms in total. The van der Waals surface area contributed by atoms with Crippen molar-refractivity contribution in [2.45, 2.75) is 33.1 Å². The molecule has 1 atom stereocenters. The summed E-state index contributed by atoms with van der Waals surface area (Å²) in [5.74, 6) is 0.379. The standard InChI is InChI=1S/C14H19FO/c1-14(2,9-16)11-6-7-12-10(8-11)4-3-5-13(12)15/h3-5,11,16H,6-9H2,1-2H3. The van der Waals surface area contributed by atoms with Crippen molar-refractivity contribution in [3.63, 3.8) is 0 Å². The summed E-state index contributed by atoms with van der Waals surface area (Å²) in [6, 6.07) is 5.33. The van der Waals surface area contributed by atoms with Crippen molar-refractivity contribution in [3.8, 4) is 0 Å². The predicted molar refractivity (Wildman–Crippen MR) is 62.8 cm³/mol. The minimum Gasteiger partial charge on any atom is -0.396 e. The van der Waals surface area contributed by atoms with E-state index in [9.17, 15) is 9.50 Å². The van der Waals surface area contributed by atoms with Crippen molar-refractivity contribution in [1.82, 2.24) is 0 Å². The molecule has 0 radical (unpaired) electrons. The van der Waals surface area contributed by atoms with Crippen molar-refractivity contribution in [1.29, 1.82) is 0 Å². The first kappa shape index (κ1) is 11.6. The molecule has 1 aromatic rings. The van der Waals surface area contributed by atoms with Gasteiger partial charge in [0.1, 0.15) is 5.82 Å². The molecule has 0 fully saturated rings. The zero-order valence-corrected chi connectivity index (χ0v) is 9.96. The number of aliphatic hydroxyl groups excluding tert-OH is 1. The number of rotatable bonds is 2. The summed E-state index contributed by atoms with van der Waals surface area (Å²) >= 11 is 0. The van der Waals surface area contributed by atoms with E-state index in [-0.39, 0.29) is 17.8 Å². The maximum atomic E-state index is 13.5. The highest BCUT2D eigenvalue weighted by Crippen LogP contribution is 2.37. The average Bonchev–Trinajstić information content (AvgIpc) is 2.29. The Morgan fingerprint density at radius 3 is 2.88 bits per heavy atom. The lowest BCUT2D eigenvalue weighted by Crippen LogP contribution is -2.32. The molecule has 0 saturated heterocycles. The molecular formula is C14H19FO. The van der Waals surface area contributed by atoms with E-state index in [4.69, 9.17) is 0 Å². The third-order valence-electron chi connectivity index (χ3n) is 3.94. The van der Waals surface area contributed by atoms with E-state index in [0.717, 1.165) is 30.4 Å². The summed E-state index contributed by atoms with van der Waals surface area (Å²) in [5, 5.41) is 9.37. The zero-order valence-electron chi connectivity index (χ0n) is 9.96. The van der Waals surface area contributed by atoms with E-state index in [0.29, 0.717) is 5.92 Å². The SMILES string of the molecule is CC(C)(CO)C1CCc2c(F)cccc2C1. The maximum absolute atomic E-state index is 13.5. The summed E-state index contributed by atoms with van der Waals surface area (Å²) in [5.41, 5.74) is 1.94. The topological polar surface area (TPSA) is 20.2 Å². The number of fused-ring (bicyclic) bond motifs is 1. The van der Waals surface area contributed by atoms with E-state index >= 15 is 0 Å². The number of benzene rings is 1. The van der Waals surface area contributed by atoms with E-state index in [1.54, 1.807) is 6.07 Å². The average molecular weight is 222 g/mol. The first-order valence-corrected chi connectivity index (χ1v) is 5.92. The van der Waals surface area contributed by atoms with Crippen LogP contribution in [0, 0.1) is 17.2 Å². The molecule has 16 heavy (non-hydrogen) atoms. The Labute approximate surface area is 96.3 Å². The van der Waals surface area contributed by atoms with Crippen molar-refractivity contribution in [3.05, 3.63) is 35.1 Å². The first-order valence-electron chi connectivity index (χ1n) is 5.92. The van der Waals surface area contributed by atoms with E-state index in [1.807, 2.05) is 6.07 Å². The molecule has 0 aromatic heterocycles. The molecular weight excluding hydrogens is 203 g/mol. The van der Waals surface area contributed by atoms with Crippen LogP contribution < -0.4 is 0 Å². The van der Waals surface area contributed by atoms with Gasteiger partial charge in [0.05, 0.1) is 0 Å². The fourth-order valence-electron chi connectivity index (χ4n) is 2.56. The zero-order chi connectivity index (χ0) is 11.8. The van der Waals surface area contributed by atoms with Crippen LogP contribution in [0.5, 0.6) is 0 Å². The molecule has 0 bridgehead atoms. The fourth-order valence-corrected chi connectivity index (χ4v) is 2.56. The predicted octanol–water partition coefficient (Wildman–Crippen LogP) is 2.95. The summed E-state index contributed by atoms with van der Waals surface area (Å²) in [7, 11) is 0. The smallest absolute Gasteiger partial charge is 0.126 e. The highest BCUT2D eigenvalue weighted by atomic mass is 19.1. The van der Waals surface area contributed by atoms with Crippen molar-refractivity contribution >= 4 is 0 Å². The molecule has 1 aliphatic rings. The van der Waals surface area contributed by atoms with Gasteiger partial charge in [-0.1, -0.05) is 26.0 Å². The Hall–Kier alpha value is -0.890. The van der Waals surface area contributed by atoms with Gasteiger partial charge in [0, 0.05) is 6.61 Å². The summed E-state index contributed by atoms with van der Waals surface area (Å²) in [6.45, 7) is 4.37. The van der Waals surface area contributed by atoms with Gasteiger partial charge >= 0.3 is 0 Å². The number of hydrogen-bond donors (Lipinski definition) is 1. The van der Waals surface area contributed by atoms with Gasteiger partial charge in [-0.3, -0.25) is 0 Å². The van der Waals surface area contributed by atoms with E-state index in [2.05, 4.69) is 13.8 Å². The fraction of sp³-hybridized carbons (Fsp3) is 0.571. The first-order chi connectivity index (χ1) is 7.54.